The van der Waals surface area contributed by atoms with Gasteiger partial charge in [0, 0.05) is 18.2 Å². The van der Waals surface area contributed by atoms with E-state index < -0.39 is 5.97 Å². The van der Waals surface area contributed by atoms with Crippen LogP contribution in [0.5, 0.6) is 11.5 Å². The van der Waals surface area contributed by atoms with Crippen LogP contribution in [0, 0.1) is 6.92 Å². The normalized spacial score (nSPS) is 10.9. The van der Waals surface area contributed by atoms with E-state index in [-0.39, 0.29) is 11.7 Å². The molecule has 0 aliphatic heterocycles. The van der Waals surface area contributed by atoms with Crippen molar-refractivity contribution in [3.05, 3.63) is 83.9 Å². The van der Waals surface area contributed by atoms with Crippen molar-refractivity contribution in [3.8, 4) is 28.6 Å². The summed E-state index contributed by atoms with van der Waals surface area (Å²) >= 11 is 1.26. The number of nitrogens with zero attached hydrogens (tertiary/aromatic N) is 4. The highest BCUT2D eigenvalue weighted by Crippen LogP contribution is 2.29. The highest BCUT2D eigenvalue weighted by Gasteiger charge is 2.17. The Morgan fingerprint density at radius 1 is 1.03 bits per heavy atom. The summed E-state index contributed by atoms with van der Waals surface area (Å²) in [6.45, 7) is 3.34. The molecule has 1 amide bonds. The maximum absolute atomic E-state index is 12.5. The summed E-state index contributed by atoms with van der Waals surface area (Å²) in [4.78, 5) is 23.7. The van der Waals surface area contributed by atoms with E-state index in [1.54, 1.807) is 18.2 Å². The monoisotopic (exact) mass is 515 g/mol. The highest BCUT2D eigenvalue weighted by molar-refractivity contribution is 7.99. The molecule has 0 bridgehead atoms. The van der Waals surface area contributed by atoms with Crippen molar-refractivity contribution in [3.63, 3.8) is 0 Å². The molecule has 37 heavy (non-hydrogen) atoms. The second-order valence-corrected chi connectivity index (χ2v) is 8.87. The van der Waals surface area contributed by atoms with Gasteiger partial charge < -0.3 is 9.47 Å². The molecule has 0 spiro atoms. The number of carbonyl (C=O) groups excluding carboxylic acids is 2. The molecule has 10 heteroatoms. The highest BCUT2D eigenvalue weighted by atomic mass is 32.2. The van der Waals surface area contributed by atoms with E-state index in [0.717, 1.165) is 16.8 Å². The van der Waals surface area contributed by atoms with Crippen molar-refractivity contribution in [1.82, 2.24) is 20.2 Å². The van der Waals surface area contributed by atoms with Crippen LogP contribution in [-0.4, -0.2) is 45.7 Å². The summed E-state index contributed by atoms with van der Waals surface area (Å²) in [5.74, 6) is 0.718. The van der Waals surface area contributed by atoms with Gasteiger partial charge in [-0.3, -0.25) is 14.2 Å². The molecule has 4 rings (SSSR count). The fourth-order valence-corrected chi connectivity index (χ4v) is 4.15. The zero-order valence-electron chi connectivity index (χ0n) is 20.5. The van der Waals surface area contributed by atoms with E-state index >= 15 is 0 Å². The molecule has 0 saturated heterocycles. The van der Waals surface area contributed by atoms with E-state index in [4.69, 9.17) is 9.47 Å². The number of ether oxygens (including phenoxy) is 2. The number of hydrogen-bond donors (Lipinski definition) is 1. The Labute approximate surface area is 218 Å². The third kappa shape index (κ3) is 6.62. The van der Waals surface area contributed by atoms with E-state index in [1.165, 1.54) is 32.0 Å². The standard InChI is InChI=1S/C27H25N5O4S/c1-18-9-12-22(13-10-18)32-26(21-7-5-4-6-8-21)30-31-27(32)37-17-25(34)29-28-16-20-11-14-23(36-19(2)33)24(15-20)35-3/h4-16H,17H2,1-3H3,(H,29,34)/b28-16+. The van der Waals surface area contributed by atoms with E-state index in [2.05, 4.69) is 20.7 Å². The van der Waals surface area contributed by atoms with E-state index in [0.29, 0.717) is 28.0 Å². The van der Waals surface area contributed by atoms with Crippen molar-refractivity contribution in [2.24, 2.45) is 5.10 Å². The molecule has 1 heterocycles. The molecule has 0 unspecified atom stereocenters. The van der Waals surface area contributed by atoms with Gasteiger partial charge in [0.2, 0.25) is 0 Å². The summed E-state index contributed by atoms with van der Waals surface area (Å²) < 4.78 is 12.3. The first kappa shape index (κ1) is 25.6. The average molecular weight is 516 g/mol. The lowest BCUT2D eigenvalue weighted by Gasteiger charge is -2.10. The molecular formula is C27H25N5O4S. The number of thioether (sulfide) groups is 1. The number of aryl methyl sites for hydroxylation is 1. The Balaban J connectivity index is 1.45. The SMILES string of the molecule is COc1cc(/C=N/NC(=O)CSc2nnc(-c3ccccc3)n2-c2ccc(C)cc2)ccc1OC(C)=O. The van der Waals surface area contributed by atoms with Gasteiger partial charge in [-0.05, 0) is 42.8 Å². The minimum atomic E-state index is -0.446. The zero-order valence-corrected chi connectivity index (χ0v) is 21.4. The lowest BCUT2D eigenvalue weighted by atomic mass is 10.2. The van der Waals surface area contributed by atoms with Gasteiger partial charge in [0.05, 0.1) is 19.1 Å². The molecule has 188 valence electrons. The quantitative estimate of drug-likeness (QED) is 0.116. The van der Waals surface area contributed by atoms with E-state index in [1.807, 2.05) is 66.1 Å². The van der Waals surface area contributed by atoms with Crippen LogP contribution in [0.1, 0.15) is 18.1 Å². The van der Waals surface area contributed by atoms with Gasteiger partial charge in [0.25, 0.3) is 5.91 Å². The van der Waals surface area contributed by atoms with Crippen LogP contribution < -0.4 is 14.9 Å². The van der Waals surface area contributed by atoms with Gasteiger partial charge in [-0.15, -0.1) is 10.2 Å². The van der Waals surface area contributed by atoms with Crippen molar-refractivity contribution in [2.75, 3.05) is 12.9 Å². The number of hydrogen-bond acceptors (Lipinski definition) is 8. The fraction of sp³-hybridized carbons (Fsp3) is 0.148. The Morgan fingerprint density at radius 2 is 1.78 bits per heavy atom. The second kappa shape index (κ2) is 12.0. The van der Waals surface area contributed by atoms with Crippen LogP contribution >= 0.6 is 11.8 Å². The molecule has 4 aromatic rings. The topological polar surface area (TPSA) is 108 Å². The van der Waals surface area contributed by atoms with Crippen LogP contribution in [-0.2, 0) is 9.59 Å². The second-order valence-electron chi connectivity index (χ2n) is 7.93. The van der Waals surface area contributed by atoms with Crippen LogP contribution in [0.3, 0.4) is 0 Å². The average Bonchev–Trinajstić information content (AvgIpc) is 3.33. The van der Waals surface area contributed by atoms with E-state index in [9.17, 15) is 9.59 Å². The van der Waals surface area contributed by atoms with Gasteiger partial charge in [-0.2, -0.15) is 5.10 Å². The molecule has 0 saturated carbocycles. The maximum atomic E-state index is 12.5. The number of amides is 1. The van der Waals surface area contributed by atoms with Crippen LogP contribution in [0.2, 0.25) is 0 Å². The number of benzene rings is 3. The summed E-state index contributed by atoms with van der Waals surface area (Å²) in [6.07, 6.45) is 1.48. The third-order valence-corrected chi connectivity index (χ3v) is 6.06. The van der Waals surface area contributed by atoms with Crippen molar-refractivity contribution in [1.29, 1.82) is 0 Å². The number of methoxy groups -OCH3 is 1. The van der Waals surface area contributed by atoms with Crippen LogP contribution in [0.4, 0.5) is 0 Å². The lowest BCUT2D eigenvalue weighted by Crippen LogP contribution is -2.20. The number of esters is 1. The molecule has 0 fully saturated rings. The van der Waals surface area contributed by atoms with Crippen molar-refractivity contribution >= 4 is 29.9 Å². The predicted molar refractivity (Wildman–Crippen MR) is 142 cm³/mol. The Kier molecular flexibility index (Phi) is 8.32. The Morgan fingerprint density at radius 3 is 2.49 bits per heavy atom. The lowest BCUT2D eigenvalue weighted by molar-refractivity contribution is -0.132. The number of nitrogens with one attached hydrogen (secondary N) is 1. The number of hydrazone groups is 1. The van der Waals surface area contributed by atoms with Gasteiger partial charge in [-0.25, -0.2) is 5.43 Å². The fourth-order valence-electron chi connectivity index (χ4n) is 3.41. The smallest absolute Gasteiger partial charge is 0.308 e. The Hall–Kier alpha value is -4.44. The summed E-state index contributed by atoms with van der Waals surface area (Å²) in [6, 6.07) is 22.8. The minimum absolute atomic E-state index is 0.0881. The first-order valence-electron chi connectivity index (χ1n) is 11.3. The summed E-state index contributed by atoms with van der Waals surface area (Å²) in [5.41, 5.74) is 6.15. The number of rotatable bonds is 9. The predicted octanol–water partition coefficient (Wildman–Crippen LogP) is 4.42. The summed E-state index contributed by atoms with van der Waals surface area (Å²) in [5, 5.41) is 13.3. The van der Waals surface area contributed by atoms with Gasteiger partial charge in [0.1, 0.15) is 0 Å². The van der Waals surface area contributed by atoms with Gasteiger partial charge in [-0.1, -0.05) is 59.8 Å². The third-order valence-electron chi connectivity index (χ3n) is 5.13. The summed E-state index contributed by atoms with van der Waals surface area (Å²) in [7, 11) is 1.47. The first-order chi connectivity index (χ1) is 17.9. The van der Waals surface area contributed by atoms with Crippen molar-refractivity contribution in [2.45, 2.75) is 19.0 Å². The molecule has 9 nitrogen and oxygen atoms in total. The zero-order chi connectivity index (χ0) is 26.2. The minimum Gasteiger partial charge on any atom is -0.493 e. The number of carbonyl (C=O) groups is 2. The van der Waals surface area contributed by atoms with Gasteiger partial charge in [0.15, 0.2) is 22.5 Å². The molecule has 1 aromatic heterocycles. The largest absolute Gasteiger partial charge is 0.493 e. The van der Waals surface area contributed by atoms with Crippen LogP contribution in [0.15, 0.2) is 83.1 Å². The first-order valence-corrected chi connectivity index (χ1v) is 12.3. The van der Waals surface area contributed by atoms with Crippen molar-refractivity contribution < 1.29 is 19.1 Å². The molecule has 0 aliphatic carbocycles. The Bertz CT molecular complexity index is 1420. The van der Waals surface area contributed by atoms with Crippen LogP contribution in [0.25, 0.3) is 17.1 Å². The molecule has 0 radical (unpaired) electrons. The molecule has 1 N–H and O–H groups in total. The number of aromatic nitrogens is 3. The molecule has 3 aromatic carbocycles. The molecular weight excluding hydrogens is 490 g/mol. The van der Waals surface area contributed by atoms with Gasteiger partial charge >= 0.3 is 5.97 Å². The molecule has 0 atom stereocenters. The molecule has 0 aliphatic rings. The maximum Gasteiger partial charge on any atom is 0.308 e.